The van der Waals surface area contributed by atoms with E-state index < -0.39 is 0 Å². The number of amides is 1. The zero-order valence-electron chi connectivity index (χ0n) is 14.4. The second-order valence-electron chi connectivity index (χ2n) is 5.68. The summed E-state index contributed by atoms with van der Waals surface area (Å²) < 4.78 is 0. The Morgan fingerprint density at radius 1 is 1.04 bits per heavy atom. The summed E-state index contributed by atoms with van der Waals surface area (Å²) in [5, 5.41) is 5.91. The van der Waals surface area contributed by atoms with Gasteiger partial charge in [0.05, 0.1) is 0 Å². The Labute approximate surface area is 161 Å². The van der Waals surface area contributed by atoms with Crippen LogP contribution >= 0.6 is 23.6 Å². The number of nitrogens with one attached hydrogen (secondary N) is 3. The van der Waals surface area contributed by atoms with E-state index in [1.807, 2.05) is 62.4 Å². The molecule has 1 amide bonds. The molecule has 0 atom stereocenters. The van der Waals surface area contributed by atoms with Crippen LogP contribution in [0.15, 0.2) is 53.9 Å². The molecule has 3 rings (SSSR count). The van der Waals surface area contributed by atoms with Gasteiger partial charge in [-0.2, -0.15) is 0 Å². The summed E-state index contributed by atoms with van der Waals surface area (Å²) in [4.78, 5) is 16.6. The number of benzene rings is 2. The lowest BCUT2D eigenvalue weighted by Gasteiger charge is -2.13. The van der Waals surface area contributed by atoms with Crippen molar-refractivity contribution in [3.05, 3.63) is 70.7 Å². The monoisotopic (exact) mass is 382 g/mol. The van der Waals surface area contributed by atoms with Gasteiger partial charge in [0.25, 0.3) is 5.91 Å². The quantitative estimate of drug-likeness (QED) is 0.471. The largest absolute Gasteiger partial charge is 0.331 e. The maximum absolute atomic E-state index is 12.3. The fourth-order valence-electron chi connectivity index (χ4n) is 2.31. The van der Waals surface area contributed by atoms with E-state index in [4.69, 9.17) is 12.2 Å². The van der Waals surface area contributed by atoms with E-state index in [9.17, 15) is 4.79 Å². The molecule has 5 nitrogen and oxygen atoms in total. The van der Waals surface area contributed by atoms with Gasteiger partial charge >= 0.3 is 0 Å². The van der Waals surface area contributed by atoms with Crippen LogP contribution in [0.2, 0.25) is 0 Å². The molecule has 7 heteroatoms. The van der Waals surface area contributed by atoms with Crippen molar-refractivity contribution in [2.24, 2.45) is 0 Å². The van der Waals surface area contributed by atoms with Gasteiger partial charge < -0.3 is 5.32 Å². The number of aromatic nitrogens is 1. The van der Waals surface area contributed by atoms with Gasteiger partial charge in [-0.3, -0.25) is 15.6 Å². The summed E-state index contributed by atoms with van der Waals surface area (Å²) in [7, 11) is 0. The van der Waals surface area contributed by atoms with Crippen molar-refractivity contribution >= 4 is 40.3 Å². The van der Waals surface area contributed by atoms with E-state index in [1.165, 1.54) is 11.3 Å². The van der Waals surface area contributed by atoms with Crippen molar-refractivity contribution in [1.29, 1.82) is 0 Å². The molecule has 2 aromatic carbocycles. The number of thiocarbonyl (C=S) groups is 1. The van der Waals surface area contributed by atoms with Crippen molar-refractivity contribution in [2.75, 3.05) is 5.32 Å². The maximum atomic E-state index is 12.3. The zero-order valence-corrected chi connectivity index (χ0v) is 16.0. The van der Waals surface area contributed by atoms with Gasteiger partial charge in [-0.25, -0.2) is 4.98 Å². The zero-order chi connectivity index (χ0) is 18.5. The summed E-state index contributed by atoms with van der Waals surface area (Å²) in [6.07, 6.45) is 0. The number of hydrogen-bond acceptors (Lipinski definition) is 4. The van der Waals surface area contributed by atoms with E-state index in [0.29, 0.717) is 10.8 Å². The van der Waals surface area contributed by atoms with Crippen LogP contribution in [0.4, 0.5) is 5.69 Å². The number of carbonyl (C=O) groups excluding carboxylic acids is 1. The predicted molar refractivity (Wildman–Crippen MR) is 110 cm³/mol. The van der Waals surface area contributed by atoms with Crippen LogP contribution in [0.3, 0.4) is 0 Å². The normalized spacial score (nSPS) is 10.2. The Kier molecular flexibility index (Phi) is 5.60. The minimum atomic E-state index is -0.339. The fraction of sp³-hybridized carbons (Fsp3) is 0.105. The van der Waals surface area contributed by atoms with Crippen molar-refractivity contribution in [1.82, 2.24) is 15.8 Å². The smallest absolute Gasteiger partial charge is 0.289 e. The summed E-state index contributed by atoms with van der Waals surface area (Å²) in [6.45, 7) is 4.05. The van der Waals surface area contributed by atoms with Crippen molar-refractivity contribution in [3.63, 3.8) is 0 Å². The van der Waals surface area contributed by atoms with E-state index in [-0.39, 0.29) is 5.91 Å². The molecule has 1 heterocycles. The van der Waals surface area contributed by atoms with Crippen LogP contribution in [0.25, 0.3) is 10.6 Å². The first-order valence-electron chi connectivity index (χ1n) is 7.99. The lowest BCUT2D eigenvalue weighted by Crippen LogP contribution is -2.44. The molecule has 0 spiro atoms. The Hall–Kier alpha value is -2.77. The van der Waals surface area contributed by atoms with Gasteiger partial charge in [0.15, 0.2) is 5.11 Å². The lowest BCUT2D eigenvalue weighted by molar-refractivity contribution is 0.0940. The molecule has 1 aromatic heterocycles. The molecule has 0 saturated heterocycles. The lowest BCUT2D eigenvalue weighted by atomic mass is 10.1. The van der Waals surface area contributed by atoms with Crippen molar-refractivity contribution in [3.8, 4) is 10.6 Å². The number of hydrogen-bond donors (Lipinski definition) is 3. The average Bonchev–Trinajstić information content (AvgIpc) is 3.14. The number of aryl methyl sites for hydroxylation is 1. The van der Waals surface area contributed by atoms with E-state index in [1.54, 1.807) is 5.38 Å². The maximum Gasteiger partial charge on any atom is 0.289 e. The topological polar surface area (TPSA) is 66.0 Å². The van der Waals surface area contributed by atoms with Gasteiger partial charge in [0, 0.05) is 16.6 Å². The second kappa shape index (κ2) is 8.07. The molecule has 0 aliphatic carbocycles. The van der Waals surface area contributed by atoms with Crippen molar-refractivity contribution in [2.45, 2.75) is 13.8 Å². The minimum absolute atomic E-state index is 0.311. The third-order valence-electron chi connectivity index (χ3n) is 3.90. The van der Waals surface area contributed by atoms with Crippen LogP contribution in [0.5, 0.6) is 0 Å². The third-order valence-corrected chi connectivity index (χ3v) is 5.00. The molecule has 0 radical (unpaired) electrons. The first-order valence-corrected chi connectivity index (χ1v) is 9.28. The highest BCUT2D eigenvalue weighted by Crippen LogP contribution is 2.23. The van der Waals surface area contributed by atoms with E-state index >= 15 is 0 Å². The van der Waals surface area contributed by atoms with Gasteiger partial charge in [-0.1, -0.05) is 42.5 Å². The summed E-state index contributed by atoms with van der Waals surface area (Å²) in [5.41, 5.74) is 9.78. The van der Waals surface area contributed by atoms with Crippen LogP contribution < -0.4 is 16.2 Å². The summed E-state index contributed by atoms with van der Waals surface area (Å²) >= 11 is 6.66. The highest BCUT2D eigenvalue weighted by atomic mass is 32.1. The molecular formula is C19H18N4OS2. The molecule has 3 aromatic rings. The molecule has 132 valence electrons. The number of hydrazine groups is 1. The van der Waals surface area contributed by atoms with Gasteiger partial charge in [0.1, 0.15) is 10.7 Å². The molecule has 26 heavy (non-hydrogen) atoms. The molecule has 0 bridgehead atoms. The molecule has 0 aliphatic heterocycles. The number of anilines is 1. The van der Waals surface area contributed by atoms with Gasteiger partial charge in [0.2, 0.25) is 0 Å². The van der Waals surface area contributed by atoms with Gasteiger partial charge in [-0.15, -0.1) is 11.3 Å². The molecule has 0 fully saturated rings. The Morgan fingerprint density at radius 3 is 2.58 bits per heavy atom. The highest BCUT2D eigenvalue weighted by molar-refractivity contribution is 7.80. The number of nitrogens with zero attached hydrogens (tertiary/aromatic N) is 1. The Morgan fingerprint density at radius 2 is 1.81 bits per heavy atom. The van der Waals surface area contributed by atoms with Crippen LogP contribution in [0, 0.1) is 13.8 Å². The Balaban J connectivity index is 1.58. The molecular weight excluding hydrogens is 364 g/mol. The Bertz CT molecular complexity index is 938. The molecule has 3 N–H and O–H groups in total. The summed E-state index contributed by atoms with van der Waals surface area (Å²) in [5.74, 6) is -0.339. The number of carbonyl (C=O) groups is 1. The van der Waals surface area contributed by atoms with E-state index in [0.717, 1.165) is 27.4 Å². The SMILES string of the molecule is Cc1cccc(NC(=S)NNC(=O)c2csc(-c3ccccc3)n2)c1C. The van der Waals surface area contributed by atoms with E-state index in [2.05, 4.69) is 21.2 Å². The molecule has 0 aliphatic rings. The standard InChI is InChI=1S/C19H18N4OS2/c1-12-7-6-10-15(13(12)2)21-19(25)23-22-17(24)16-11-26-18(20-16)14-8-4-3-5-9-14/h3-11H,1-2H3,(H,22,24)(H2,21,23,25). The minimum Gasteiger partial charge on any atom is -0.331 e. The number of rotatable bonds is 3. The third kappa shape index (κ3) is 4.25. The fourth-order valence-corrected chi connectivity index (χ4v) is 3.28. The molecule has 0 unspecified atom stereocenters. The first-order chi connectivity index (χ1) is 12.5. The van der Waals surface area contributed by atoms with Crippen LogP contribution in [0.1, 0.15) is 21.6 Å². The average molecular weight is 383 g/mol. The predicted octanol–water partition coefficient (Wildman–Crippen LogP) is 4.06. The summed E-state index contributed by atoms with van der Waals surface area (Å²) in [6, 6.07) is 15.7. The van der Waals surface area contributed by atoms with Crippen LogP contribution in [-0.4, -0.2) is 16.0 Å². The van der Waals surface area contributed by atoms with Gasteiger partial charge in [-0.05, 0) is 43.3 Å². The number of thiazole rings is 1. The van der Waals surface area contributed by atoms with Crippen molar-refractivity contribution < 1.29 is 4.79 Å². The van der Waals surface area contributed by atoms with Crippen LogP contribution in [-0.2, 0) is 0 Å². The second-order valence-corrected chi connectivity index (χ2v) is 6.95. The highest BCUT2D eigenvalue weighted by Gasteiger charge is 2.12. The first kappa shape index (κ1) is 18.0. The molecule has 0 saturated carbocycles.